The fourth-order valence-corrected chi connectivity index (χ4v) is 4.86. The van der Waals surface area contributed by atoms with Crippen molar-refractivity contribution in [2.45, 2.75) is 32.2 Å². The van der Waals surface area contributed by atoms with Crippen LogP contribution in [0.15, 0.2) is 54.9 Å². The number of piperidine rings is 1. The first-order chi connectivity index (χ1) is 17.8. The van der Waals surface area contributed by atoms with Gasteiger partial charge in [-0.2, -0.15) is 0 Å². The molecular formula is C28H30Cl4FN5O2. The predicted octanol–water partition coefficient (Wildman–Crippen LogP) is 7.32. The van der Waals surface area contributed by atoms with Gasteiger partial charge in [-0.1, -0.05) is 24.6 Å². The molecule has 1 aliphatic heterocycles. The Morgan fingerprint density at radius 2 is 1.90 bits per heavy atom. The number of nitrogens with one attached hydrogen (secondary N) is 1. The number of fused-ring (bicyclic) bond motifs is 1. The fraction of sp³-hybridized carbons (Fsp3) is 0.250. The minimum absolute atomic E-state index is 0. The van der Waals surface area contributed by atoms with Crippen LogP contribution in [0.4, 0.5) is 21.6 Å². The molecule has 0 radical (unpaired) electrons. The largest absolute Gasteiger partial charge is 0.504 e. The second-order valence-electron chi connectivity index (χ2n) is 9.22. The molecule has 7 nitrogen and oxygen atoms in total. The van der Waals surface area contributed by atoms with Gasteiger partial charge in [0.2, 0.25) is 0 Å². The zero-order chi connectivity index (χ0) is 26.1. The summed E-state index contributed by atoms with van der Waals surface area (Å²) in [6.45, 7) is 3.49. The number of aromatic nitrogens is 2. The lowest BCUT2D eigenvalue weighted by molar-refractivity contribution is 0.0988. The van der Waals surface area contributed by atoms with E-state index in [2.05, 4.69) is 20.2 Å². The summed E-state index contributed by atoms with van der Waals surface area (Å²) < 4.78 is 14.2. The zero-order valence-electron chi connectivity index (χ0n) is 21.6. The van der Waals surface area contributed by atoms with Gasteiger partial charge in [-0.15, -0.1) is 37.2 Å². The molecule has 0 saturated carbocycles. The molecule has 0 spiro atoms. The first-order valence-electron chi connectivity index (χ1n) is 12.2. The number of ketones is 1. The van der Waals surface area contributed by atoms with Crippen LogP contribution in [0.25, 0.3) is 22.0 Å². The molecule has 1 fully saturated rings. The Bertz CT molecular complexity index is 1470. The number of anilines is 3. The summed E-state index contributed by atoms with van der Waals surface area (Å²) in [5.74, 6) is -0.602. The van der Waals surface area contributed by atoms with E-state index in [1.165, 1.54) is 12.1 Å². The van der Waals surface area contributed by atoms with Crippen molar-refractivity contribution < 1.29 is 14.3 Å². The van der Waals surface area contributed by atoms with Gasteiger partial charge in [-0.05, 0) is 60.4 Å². The quantitative estimate of drug-likeness (QED) is 0.192. The van der Waals surface area contributed by atoms with Crippen molar-refractivity contribution in [3.8, 4) is 16.9 Å². The smallest absolute Gasteiger partial charge is 0.170 e. The number of benzene rings is 2. The summed E-state index contributed by atoms with van der Waals surface area (Å²) in [6.07, 6.45) is 5.68. The molecule has 4 N–H and O–H groups in total. The van der Waals surface area contributed by atoms with Gasteiger partial charge >= 0.3 is 0 Å². The lowest BCUT2D eigenvalue weighted by atomic mass is 9.99. The first-order valence-corrected chi connectivity index (χ1v) is 12.6. The van der Waals surface area contributed by atoms with E-state index in [0.29, 0.717) is 45.4 Å². The lowest BCUT2D eigenvalue weighted by Gasteiger charge is -2.31. The van der Waals surface area contributed by atoms with Crippen molar-refractivity contribution in [3.05, 3.63) is 71.3 Å². The molecular weight excluding hydrogens is 599 g/mol. The first kappa shape index (κ1) is 33.3. The van der Waals surface area contributed by atoms with Gasteiger partial charge in [0.1, 0.15) is 5.82 Å². The van der Waals surface area contributed by atoms with E-state index >= 15 is 0 Å². The number of rotatable bonds is 6. The number of aromatic hydroxyl groups is 1. The van der Waals surface area contributed by atoms with Crippen molar-refractivity contribution in [1.29, 1.82) is 0 Å². The molecule has 214 valence electrons. The highest BCUT2D eigenvalue weighted by molar-refractivity contribution is 6.32. The van der Waals surface area contributed by atoms with Crippen LogP contribution in [0.1, 0.15) is 36.5 Å². The van der Waals surface area contributed by atoms with Crippen molar-refractivity contribution in [1.82, 2.24) is 9.97 Å². The second-order valence-corrected chi connectivity index (χ2v) is 9.63. The topological polar surface area (TPSA) is 104 Å². The summed E-state index contributed by atoms with van der Waals surface area (Å²) in [6, 6.07) is 12.2. The number of pyridine rings is 2. The van der Waals surface area contributed by atoms with Gasteiger partial charge < -0.3 is 21.1 Å². The van der Waals surface area contributed by atoms with Gasteiger partial charge in [-0.25, -0.2) is 9.37 Å². The van der Waals surface area contributed by atoms with E-state index in [1.807, 2.05) is 18.2 Å². The molecule has 2 aromatic heterocycles. The average Bonchev–Trinajstić information content (AvgIpc) is 2.91. The van der Waals surface area contributed by atoms with E-state index in [0.717, 1.165) is 31.7 Å². The van der Waals surface area contributed by atoms with E-state index in [9.17, 15) is 14.3 Å². The maximum Gasteiger partial charge on any atom is 0.170 e. The van der Waals surface area contributed by atoms with Crippen molar-refractivity contribution >= 4 is 82.7 Å². The Morgan fingerprint density at radius 3 is 2.55 bits per heavy atom. The van der Waals surface area contributed by atoms with E-state index in [4.69, 9.17) is 17.3 Å². The Morgan fingerprint density at radius 1 is 1.12 bits per heavy atom. The molecule has 3 heterocycles. The molecule has 40 heavy (non-hydrogen) atoms. The predicted molar refractivity (Wildman–Crippen MR) is 167 cm³/mol. The van der Waals surface area contributed by atoms with Crippen LogP contribution in [0, 0.1) is 5.82 Å². The number of nitrogens with two attached hydrogens (primary N) is 1. The molecule has 1 unspecified atom stereocenters. The van der Waals surface area contributed by atoms with Gasteiger partial charge in [0.15, 0.2) is 17.3 Å². The SMILES string of the molecule is CCC(=O)c1cnc2ccc(-c3cc(F)c(O)c(Cl)c3)cc2c1Nc1ccc(N2CCCC(N)C2)nc1.Cl.Cl.Cl. The number of hydrogen-bond donors (Lipinski definition) is 3. The summed E-state index contributed by atoms with van der Waals surface area (Å²) in [5.41, 5.74) is 9.70. The summed E-state index contributed by atoms with van der Waals surface area (Å²) >= 11 is 6.01. The molecule has 2 aromatic carbocycles. The van der Waals surface area contributed by atoms with Crippen molar-refractivity contribution in [3.63, 3.8) is 0 Å². The number of halogens is 5. The minimum Gasteiger partial charge on any atom is -0.504 e. The van der Waals surface area contributed by atoms with E-state index in [1.54, 1.807) is 31.5 Å². The number of Topliss-reactive ketones (excluding diaryl/α,β-unsaturated/α-hetero) is 1. The Balaban J connectivity index is 0.00000187. The number of carbonyl (C=O) groups is 1. The summed E-state index contributed by atoms with van der Waals surface area (Å²) in [4.78, 5) is 24.1. The third-order valence-electron chi connectivity index (χ3n) is 6.64. The fourth-order valence-electron chi connectivity index (χ4n) is 4.65. The molecule has 12 heteroatoms. The molecule has 4 aromatic rings. The van der Waals surface area contributed by atoms with Gasteiger partial charge in [0.25, 0.3) is 0 Å². The Hall–Kier alpha value is -2.88. The van der Waals surface area contributed by atoms with Crippen LogP contribution in [0.3, 0.4) is 0 Å². The third kappa shape index (κ3) is 6.87. The van der Waals surface area contributed by atoms with Gasteiger partial charge in [0.05, 0.1) is 33.7 Å². The monoisotopic (exact) mass is 627 g/mol. The van der Waals surface area contributed by atoms with Crippen LogP contribution in [0.5, 0.6) is 5.75 Å². The number of phenols is 1. The standard InChI is InChI=1S/C28H27ClFN5O2.3ClH/c1-2-25(36)21-14-32-24-7-5-16(17-11-22(29)28(37)23(30)12-17)10-20(24)27(21)34-19-6-8-26(33-13-19)35-9-3-4-18(31)15-35;;;/h5-8,10-14,18,37H,2-4,9,15,31H2,1H3,(H,32,34);3*1H. The average molecular weight is 629 g/mol. The van der Waals surface area contributed by atoms with Crippen molar-refractivity contribution in [2.24, 2.45) is 5.73 Å². The van der Waals surface area contributed by atoms with Crippen LogP contribution >= 0.6 is 48.8 Å². The van der Waals surface area contributed by atoms with E-state index in [-0.39, 0.29) is 54.1 Å². The van der Waals surface area contributed by atoms with Crippen LogP contribution in [-0.4, -0.2) is 40.0 Å². The molecule has 5 rings (SSSR count). The van der Waals surface area contributed by atoms with E-state index < -0.39 is 11.6 Å². The number of hydrogen-bond acceptors (Lipinski definition) is 7. The molecule has 0 amide bonds. The molecule has 1 aliphatic rings. The molecule has 1 saturated heterocycles. The maximum atomic E-state index is 14.2. The van der Waals surface area contributed by atoms with Crippen LogP contribution in [0.2, 0.25) is 5.02 Å². The highest BCUT2D eigenvalue weighted by atomic mass is 35.5. The highest BCUT2D eigenvalue weighted by Crippen LogP contribution is 2.36. The maximum absolute atomic E-state index is 14.2. The third-order valence-corrected chi connectivity index (χ3v) is 6.93. The second kappa shape index (κ2) is 14.1. The lowest BCUT2D eigenvalue weighted by Crippen LogP contribution is -2.43. The normalized spacial score (nSPS) is 14.5. The van der Waals surface area contributed by atoms with Crippen LogP contribution in [-0.2, 0) is 0 Å². The number of phenolic OH excluding ortho intramolecular Hbond substituents is 1. The number of nitrogens with zero attached hydrogens (tertiary/aromatic N) is 3. The molecule has 0 aliphatic carbocycles. The summed E-state index contributed by atoms with van der Waals surface area (Å²) in [5, 5.41) is 13.7. The van der Waals surface area contributed by atoms with Gasteiger partial charge in [0, 0.05) is 37.1 Å². The molecule has 0 bridgehead atoms. The highest BCUT2D eigenvalue weighted by Gasteiger charge is 2.19. The Kier molecular flexibility index (Phi) is 11.8. The van der Waals surface area contributed by atoms with Crippen LogP contribution < -0.4 is 16.0 Å². The zero-order valence-corrected chi connectivity index (χ0v) is 24.8. The van der Waals surface area contributed by atoms with Gasteiger partial charge in [-0.3, -0.25) is 9.78 Å². The molecule has 1 atom stereocenters. The Labute approximate surface area is 255 Å². The minimum atomic E-state index is -0.810. The number of carbonyl (C=O) groups excluding carboxylic acids is 1. The van der Waals surface area contributed by atoms with Crippen molar-refractivity contribution in [2.75, 3.05) is 23.3 Å². The summed E-state index contributed by atoms with van der Waals surface area (Å²) in [7, 11) is 0.